The molecule has 1 heterocycles. The van der Waals surface area contributed by atoms with Gasteiger partial charge in [0.1, 0.15) is 5.75 Å². The molecule has 3 amide bonds. The number of carbonyl (C=O) groups is 3. The molecular weight excluding hydrogens is 430 g/mol. The molecule has 1 aliphatic heterocycles. The lowest BCUT2D eigenvalue weighted by molar-refractivity contribution is -0.122. The first-order chi connectivity index (χ1) is 16.4. The van der Waals surface area contributed by atoms with Gasteiger partial charge in [0.05, 0.1) is 24.3 Å². The van der Waals surface area contributed by atoms with Crippen molar-refractivity contribution in [1.29, 1.82) is 0 Å². The minimum atomic E-state index is -0.526. The van der Waals surface area contributed by atoms with E-state index in [1.165, 1.54) is 0 Å². The van der Waals surface area contributed by atoms with Crippen molar-refractivity contribution in [3.05, 3.63) is 89.5 Å². The first kappa shape index (κ1) is 23.0. The summed E-state index contributed by atoms with van der Waals surface area (Å²) < 4.78 is 5.24. The molecule has 3 aromatic rings. The van der Waals surface area contributed by atoms with Crippen LogP contribution in [0.4, 0.5) is 11.4 Å². The fourth-order valence-electron chi connectivity index (χ4n) is 3.92. The zero-order chi connectivity index (χ0) is 24.1. The number of benzene rings is 3. The first-order valence-corrected chi connectivity index (χ1v) is 11.1. The van der Waals surface area contributed by atoms with E-state index < -0.39 is 5.92 Å². The van der Waals surface area contributed by atoms with Gasteiger partial charge < -0.3 is 20.3 Å². The largest absolute Gasteiger partial charge is 0.497 e. The molecule has 0 spiro atoms. The standard InChI is InChI=1S/C27H27N3O4/c1-18-10-12-19(13-11-18)16-28-27(33)23-8-3-4-9-24(23)29-26(32)20-14-25(31)30(17-20)21-6-5-7-22(15-21)34-2/h3-13,15,20H,14,16-17H2,1-2H3,(H,28,33)(H,29,32)/t20-/m0/s1. The third kappa shape index (κ3) is 5.26. The second-order valence-electron chi connectivity index (χ2n) is 8.31. The maximum absolute atomic E-state index is 13.0. The molecule has 7 nitrogen and oxygen atoms in total. The van der Waals surface area contributed by atoms with Crippen molar-refractivity contribution < 1.29 is 19.1 Å². The van der Waals surface area contributed by atoms with E-state index in [0.717, 1.165) is 11.1 Å². The van der Waals surface area contributed by atoms with Crippen molar-refractivity contribution >= 4 is 29.1 Å². The summed E-state index contributed by atoms with van der Waals surface area (Å²) >= 11 is 0. The van der Waals surface area contributed by atoms with Crippen LogP contribution in [-0.2, 0) is 16.1 Å². The number of amides is 3. The van der Waals surface area contributed by atoms with Crippen LogP contribution in [0.3, 0.4) is 0 Å². The van der Waals surface area contributed by atoms with Gasteiger partial charge >= 0.3 is 0 Å². The highest BCUT2D eigenvalue weighted by atomic mass is 16.5. The van der Waals surface area contributed by atoms with Gasteiger partial charge in [0, 0.05) is 31.3 Å². The average Bonchev–Trinajstić information content (AvgIpc) is 3.25. The van der Waals surface area contributed by atoms with Gasteiger partial charge in [-0.3, -0.25) is 14.4 Å². The van der Waals surface area contributed by atoms with E-state index >= 15 is 0 Å². The molecule has 3 aromatic carbocycles. The minimum Gasteiger partial charge on any atom is -0.497 e. The Labute approximate surface area is 198 Å². The lowest BCUT2D eigenvalue weighted by Crippen LogP contribution is -2.29. The Hall–Kier alpha value is -4.13. The van der Waals surface area contributed by atoms with Gasteiger partial charge in [-0.25, -0.2) is 0 Å². The predicted molar refractivity (Wildman–Crippen MR) is 131 cm³/mol. The van der Waals surface area contributed by atoms with Gasteiger partial charge in [0.2, 0.25) is 11.8 Å². The molecule has 2 N–H and O–H groups in total. The van der Waals surface area contributed by atoms with Gasteiger partial charge in [0.15, 0.2) is 0 Å². The van der Waals surface area contributed by atoms with Crippen molar-refractivity contribution in [3.63, 3.8) is 0 Å². The summed E-state index contributed by atoms with van der Waals surface area (Å²) in [4.78, 5) is 40.0. The molecular formula is C27H27N3O4. The number of nitrogens with one attached hydrogen (secondary N) is 2. The number of hydrogen-bond donors (Lipinski definition) is 2. The molecule has 0 saturated carbocycles. The van der Waals surface area contributed by atoms with Crippen LogP contribution in [-0.4, -0.2) is 31.4 Å². The second-order valence-corrected chi connectivity index (χ2v) is 8.31. The highest BCUT2D eigenvalue weighted by Crippen LogP contribution is 2.29. The number of aryl methyl sites for hydroxylation is 1. The lowest BCUT2D eigenvalue weighted by atomic mass is 10.1. The maximum atomic E-state index is 13.0. The minimum absolute atomic E-state index is 0.102. The zero-order valence-corrected chi connectivity index (χ0v) is 19.2. The topological polar surface area (TPSA) is 87.7 Å². The third-order valence-electron chi connectivity index (χ3n) is 5.86. The van der Waals surface area contributed by atoms with E-state index in [0.29, 0.717) is 29.2 Å². The molecule has 0 radical (unpaired) electrons. The van der Waals surface area contributed by atoms with Crippen LogP contribution >= 0.6 is 0 Å². The van der Waals surface area contributed by atoms with Crippen molar-refractivity contribution in [2.45, 2.75) is 19.9 Å². The summed E-state index contributed by atoms with van der Waals surface area (Å²) in [6, 6.07) is 22.0. The Kier molecular flexibility index (Phi) is 6.92. The first-order valence-electron chi connectivity index (χ1n) is 11.1. The molecule has 1 atom stereocenters. The second kappa shape index (κ2) is 10.2. The summed E-state index contributed by atoms with van der Waals surface area (Å²) in [5.74, 6) is -0.585. The molecule has 4 rings (SSSR count). The zero-order valence-electron chi connectivity index (χ0n) is 19.2. The molecule has 7 heteroatoms. The fraction of sp³-hybridized carbons (Fsp3) is 0.222. The van der Waals surface area contributed by atoms with Crippen molar-refractivity contribution in [2.24, 2.45) is 5.92 Å². The van der Waals surface area contributed by atoms with Crippen LogP contribution < -0.4 is 20.3 Å². The third-order valence-corrected chi connectivity index (χ3v) is 5.86. The summed E-state index contributed by atoms with van der Waals surface area (Å²) in [7, 11) is 1.57. The van der Waals surface area contributed by atoms with Gasteiger partial charge in [-0.15, -0.1) is 0 Å². The number of hydrogen-bond acceptors (Lipinski definition) is 4. The predicted octanol–water partition coefficient (Wildman–Crippen LogP) is 3.93. The SMILES string of the molecule is COc1cccc(N2C[C@@H](C(=O)Nc3ccccc3C(=O)NCc3ccc(C)cc3)CC2=O)c1. The van der Waals surface area contributed by atoms with E-state index in [1.807, 2.05) is 37.3 Å². The van der Waals surface area contributed by atoms with E-state index in [4.69, 9.17) is 4.74 Å². The van der Waals surface area contributed by atoms with Crippen LogP contribution in [0, 0.1) is 12.8 Å². The highest BCUT2D eigenvalue weighted by Gasteiger charge is 2.35. The number of rotatable bonds is 7. The van der Waals surface area contributed by atoms with E-state index in [2.05, 4.69) is 10.6 Å². The molecule has 174 valence electrons. The number of carbonyl (C=O) groups excluding carboxylic acids is 3. The lowest BCUT2D eigenvalue weighted by Gasteiger charge is -2.18. The average molecular weight is 458 g/mol. The van der Waals surface area contributed by atoms with Crippen LogP contribution in [0.1, 0.15) is 27.9 Å². The monoisotopic (exact) mass is 457 g/mol. The van der Waals surface area contributed by atoms with Gasteiger partial charge in [-0.2, -0.15) is 0 Å². The van der Waals surface area contributed by atoms with Crippen molar-refractivity contribution in [1.82, 2.24) is 5.32 Å². The van der Waals surface area contributed by atoms with Crippen molar-refractivity contribution in [2.75, 3.05) is 23.9 Å². The molecule has 0 aromatic heterocycles. The molecule has 1 aliphatic rings. The van der Waals surface area contributed by atoms with E-state index in [-0.39, 0.29) is 30.7 Å². The van der Waals surface area contributed by atoms with Crippen LogP contribution in [0.15, 0.2) is 72.8 Å². The van der Waals surface area contributed by atoms with Crippen LogP contribution in [0.25, 0.3) is 0 Å². The quantitative estimate of drug-likeness (QED) is 0.563. The van der Waals surface area contributed by atoms with Gasteiger partial charge in [-0.1, -0.05) is 48.0 Å². The van der Waals surface area contributed by atoms with Crippen LogP contribution in [0.5, 0.6) is 5.75 Å². The van der Waals surface area contributed by atoms with Gasteiger partial charge in [-0.05, 0) is 36.8 Å². The van der Waals surface area contributed by atoms with E-state index in [9.17, 15) is 14.4 Å². The molecule has 1 saturated heterocycles. The Morgan fingerprint density at radius 2 is 1.79 bits per heavy atom. The van der Waals surface area contributed by atoms with Gasteiger partial charge in [0.25, 0.3) is 5.91 Å². The summed E-state index contributed by atoms with van der Waals surface area (Å²) in [5, 5.41) is 5.75. The number of anilines is 2. The molecule has 0 unspecified atom stereocenters. The molecule has 34 heavy (non-hydrogen) atoms. The fourth-order valence-corrected chi connectivity index (χ4v) is 3.92. The summed E-state index contributed by atoms with van der Waals surface area (Å²) in [5.41, 5.74) is 3.62. The summed E-state index contributed by atoms with van der Waals surface area (Å²) in [6.07, 6.45) is 0.102. The maximum Gasteiger partial charge on any atom is 0.253 e. The number of nitrogens with zero attached hydrogens (tertiary/aromatic N) is 1. The number of para-hydroxylation sites is 1. The normalized spacial score (nSPS) is 15.2. The smallest absolute Gasteiger partial charge is 0.253 e. The Morgan fingerprint density at radius 3 is 2.56 bits per heavy atom. The Bertz CT molecular complexity index is 1210. The summed E-state index contributed by atoms with van der Waals surface area (Å²) in [6.45, 7) is 2.66. The molecule has 0 aliphatic carbocycles. The van der Waals surface area contributed by atoms with E-state index in [1.54, 1.807) is 54.5 Å². The Morgan fingerprint density at radius 1 is 1.03 bits per heavy atom. The highest BCUT2D eigenvalue weighted by molar-refractivity contribution is 6.07. The molecule has 0 bridgehead atoms. The van der Waals surface area contributed by atoms with Crippen LogP contribution in [0.2, 0.25) is 0 Å². The Balaban J connectivity index is 1.42. The number of methoxy groups -OCH3 is 1. The number of ether oxygens (including phenoxy) is 1. The van der Waals surface area contributed by atoms with Crippen molar-refractivity contribution in [3.8, 4) is 5.75 Å². The molecule has 1 fully saturated rings.